The van der Waals surface area contributed by atoms with E-state index < -0.39 is 0 Å². The van der Waals surface area contributed by atoms with Gasteiger partial charge < -0.3 is 20.2 Å². The third kappa shape index (κ3) is 5.28. The average molecular weight is 419 g/mol. The van der Waals surface area contributed by atoms with E-state index in [0.29, 0.717) is 13.1 Å². The number of likely N-dealkylation sites (tertiary alicyclic amines) is 1. The van der Waals surface area contributed by atoms with Gasteiger partial charge in [-0.05, 0) is 31.0 Å². The molecule has 0 unspecified atom stereocenters. The Morgan fingerprint density at radius 2 is 2.32 bits per heavy atom. The van der Waals surface area contributed by atoms with Crippen molar-refractivity contribution in [3.05, 3.63) is 23.9 Å². The van der Waals surface area contributed by atoms with Crippen LogP contribution < -0.4 is 10.2 Å². The fourth-order valence-corrected chi connectivity index (χ4v) is 2.33. The molecule has 1 aliphatic rings. The molecule has 1 aliphatic heterocycles. The minimum atomic E-state index is -0.241. The molecular formula is C15H26IN5O. The molecule has 0 aromatic carbocycles. The molecule has 1 saturated heterocycles. The molecule has 0 saturated carbocycles. The second-order valence-corrected chi connectivity index (χ2v) is 5.48. The highest BCUT2D eigenvalue weighted by Crippen LogP contribution is 2.12. The number of aliphatic hydroxyl groups excluding tert-OH is 1. The highest BCUT2D eigenvalue weighted by molar-refractivity contribution is 14.0. The van der Waals surface area contributed by atoms with Gasteiger partial charge in [0.05, 0.1) is 12.6 Å². The first-order valence-electron chi connectivity index (χ1n) is 7.43. The van der Waals surface area contributed by atoms with E-state index in [1.54, 1.807) is 0 Å². The van der Waals surface area contributed by atoms with E-state index >= 15 is 0 Å². The zero-order chi connectivity index (χ0) is 15.2. The lowest BCUT2D eigenvalue weighted by Crippen LogP contribution is -2.40. The topological polar surface area (TPSA) is 64.0 Å². The van der Waals surface area contributed by atoms with Gasteiger partial charge in [-0.15, -0.1) is 24.0 Å². The van der Waals surface area contributed by atoms with Crippen LogP contribution in [0.3, 0.4) is 0 Å². The molecule has 1 aromatic heterocycles. The third-order valence-corrected chi connectivity index (χ3v) is 3.48. The minimum absolute atomic E-state index is 0. The second-order valence-electron chi connectivity index (χ2n) is 5.48. The van der Waals surface area contributed by atoms with Crippen molar-refractivity contribution in [1.82, 2.24) is 15.2 Å². The van der Waals surface area contributed by atoms with E-state index in [0.717, 1.165) is 36.9 Å². The van der Waals surface area contributed by atoms with Crippen LogP contribution in [0.1, 0.15) is 18.9 Å². The van der Waals surface area contributed by atoms with Crippen molar-refractivity contribution in [3.8, 4) is 0 Å². The number of aromatic nitrogens is 1. The Kier molecular flexibility index (Phi) is 7.88. The second kappa shape index (κ2) is 9.14. The molecule has 1 atom stereocenters. The first kappa shape index (κ1) is 19.0. The van der Waals surface area contributed by atoms with Crippen LogP contribution in [0.25, 0.3) is 0 Å². The molecule has 22 heavy (non-hydrogen) atoms. The number of pyridine rings is 1. The molecule has 2 heterocycles. The van der Waals surface area contributed by atoms with Crippen molar-refractivity contribution in [1.29, 1.82) is 0 Å². The van der Waals surface area contributed by atoms with Gasteiger partial charge in [0, 0.05) is 39.9 Å². The van der Waals surface area contributed by atoms with Crippen LogP contribution in [0, 0.1) is 0 Å². The summed E-state index contributed by atoms with van der Waals surface area (Å²) in [4.78, 5) is 13.1. The molecule has 2 N–H and O–H groups in total. The number of aliphatic hydroxyl groups is 1. The van der Waals surface area contributed by atoms with E-state index in [9.17, 15) is 5.11 Å². The minimum Gasteiger partial charge on any atom is -0.391 e. The molecule has 6 nitrogen and oxygen atoms in total. The fourth-order valence-electron chi connectivity index (χ4n) is 2.33. The summed E-state index contributed by atoms with van der Waals surface area (Å²) in [7, 11) is 3.95. The number of hydrogen-bond donors (Lipinski definition) is 2. The van der Waals surface area contributed by atoms with Gasteiger partial charge in [0.1, 0.15) is 5.82 Å². The number of guanidine groups is 1. The molecule has 2 rings (SSSR count). The average Bonchev–Trinajstić information content (AvgIpc) is 2.90. The summed E-state index contributed by atoms with van der Waals surface area (Å²) in [6, 6.07) is 4.03. The number of aliphatic imine (C=N–C) groups is 1. The highest BCUT2D eigenvalue weighted by Gasteiger charge is 2.22. The zero-order valence-corrected chi connectivity index (χ0v) is 15.8. The molecule has 1 aromatic rings. The number of halogens is 1. The Balaban J connectivity index is 0.00000242. The lowest BCUT2D eigenvalue weighted by Gasteiger charge is -2.21. The van der Waals surface area contributed by atoms with E-state index in [1.807, 2.05) is 37.3 Å². The summed E-state index contributed by atoms with van der Waals surface area (Å²) in [6.07, 6.45) is 2.38. The van der Waals surface area contributed by atoms with Crippen molar-refractivity contribution < 1.29 is 5.11 Å². The zero-order valence-electron chi connectivity index (χ0n) is 13.5. The molecule has 0 amide bonds. The molecule has 7 heteroatoms. The van der Waals surface area contributed by atoms with Gasteiger partial charge in [-0.3, -0.25) is 0 Å². The maximum atomic E-state index is 9.66. The number of nitrogens with one attached hydrogen (secondary N) is 1. The van der Waals surface area contributed by atoms with E-state index in [4.69, 9.17) is 0 Å². The SMILES string of the molecule is CCNC(=NCc1ccnc(N(C)C)c1)N1CC[C@@H](O)C1.I. The van der Waals surface area contributed by atoms with Crippen LogP contribution >= 0.6 is 24.0 Å². The van der Waals surface area contributed by atoms with E-state index in [1.165, 1.54) is 0 Å². The number of hydrogen-bond acceptors (Lipinski definition) is 4. The van der Waals surface area contributed by atoms with Crippen molar-refractivity contribution in [2.75, 3.05) is 38.6 Å². The summed E-state index contributed by atoms with van der Waals surface area (Å²) in [5.41, 5.74) is 1.13. The normalized spacial score (nSPS) is 18.1. The Bertz CT molecular complexity index is 495. The molecule has 124 valence electrons. The molecule has 0 radical (unpaired) electrons. The van der Waals surface area contributed by atoms with Gasteiger partial charge >= 0.3 is 0 Å². The maximum Gasteiger partial charge on any atom is 0.194 e. The van der Waals surface area contributed by atoms with Gasteiger partial charge in [-0.1, -0.05) is 0 Å². The highest BCUT2D eigenvalue weighted by atomic mass is 127. The summed E-state index contributed by atoms with van der Waals surface area (Å²) in [6.45, 7) is 5.00. The fraction of sp³-hybridized carbons (Fsp3) is 0.600. The van der Waals surface area contributed by atoms with Crippen LogP contribution in [0.4, 0.5) is 5.82 Å². The Hall–Kier alpha value is -1.09. The summed E-state index contributed by atoms with van der Waals surface area (Å²) >= 11 is 0. The van der Waals surface area contributed by atoms with Crippen LogP contribution in [-0.2, 0) is 6.54 Å². The van der Waals surface area contributed by atoms with Crippen LogP contribution in [0.5, 0.6) is 0 Å². The predicted octanol–water partition coefficient (Wildman–Crippen LogP) is 1.30. The third-order valence-electron chi connectivity index (χ3n) is 3.48. The maximum absolute atomic E-state index is 9.66. The number of rotatable bonds is 4. The molecular weight excluding hydrogens is 393 g/mol. The Morgan fingerprint density at radius 1 is 1.55 bits per heavy atom. The Morgan fingerprint density at radius 3 is 2.91 bits per heavy atom. The molecule has 0 aliphatic carbocycles. The number of β-amino-alcohol motifs (C(OH)–C–C–N with tert-alkyl or cyclic N) is 1. The largest absolute Gasteiger partial charge is 0.391 e. The summed E-state index contributed by atoms with van der Waals surface area (Å²) in [5.74, 6) is 1.81. The summed E-state index contributed by atoms with van der Waals surface area (Å²) < 4.78 is 0. The molecule has 1 fully saturated rings. The predicted molar refractivity (Wildman–Crippen MR) is 101 cm³/mol. The monoisotopic (exact) mass is 419 g/mol. The van der Waals surface area contributed by atoms with Crippen LogP contribution in [0.15, 0.2) is 23.3 Å². The lowest BCUT2D eigenvalue weighted by molar-refractivity contribution is 0.188. The number of nitrogens with zero attached hydrogens (tertiary/aromatic N) is 4. The van der Waals surface area contributed by atoms with Crippen molar-refractivity contribution >= 4 is 35.8 Å². The van der Waals surface area contributed by atoms with Gasteiger partial charge in [0.15, 0.2) is 5.96 Å². The Labute approximate surface area is 149 Å². The first-order valence-corrected chi connectivity index (χ1v) is 7.43. The smallest absolute Gasteiger partial charge is 0.194 e. The standard InChI is InChI=1S/C15H25N5O.HI/c1-4-16-15(20-8-6-13(21)11-20)18-10-12-5-7-17-14(9-12)19(2)3;/h5,7,9,13,21H,4,6,8,10-11H2,1-3H3,(H,16,18);1H/t13-;/m1./s1. The van der Waals surface area contributed by atoms with Crippen molar-refractivity contribution in [2.24, 2.45) is 4.99 Å². The summed E-state index contributed by atoms with van der Waals surface area (Å²) in [5, 5.41) is 13.0. The first-order chi connectivity index (χ1) is 10.1. The quantitative estimate of drug-likeness (QED) is 0.438. The van der Waals surface area contributed by atoms with E-state index in [-0.39, 0.29) is 30.1 Å². The molecule has 0 spiro atoms. The van der Waals surface area contributed by atoms with Crippen molar-refractivity contribution in [2.45, 2.75) is 26.0 Å². The van der Waals surface area contributed by atoms with Crippen molar-refractivity contribution in [3.63, 3.8) is 0 Å². The molecule has 0 bridgehead atoms. The van der Waals surface area contributed by atoms with Crippen LogP contribution in [0.2, 0.25) is 0 Å². The van der Waals surface area contributed by atoms with Gasteiger partial charge in [-0.25, -0.2) is 9.98 Å². The van der Waals surface area contributed by atoms with Gasteiger partial charge in [0.25, 0.3) is 0 Å². The lowest BCUT2D eigenvalue weighted by atomic mass is 10.2. The van der Waals surface area contributed by atoms with E-state index in [2.05, 4.69) is 27.1 Å². The number of anilines is 1. The van der Waals surface area contributed by atoms with Crippen LogP contribution in [-0.4, -0.2) is 60.8 Å². The van der Waals surface area contributed by atoms with Gasteiger partial charge in [0.2, 0.25) is 0 Å². The van der Waals surface area contributed by atoms with Gasteiger partial charge in [-0.2, -0.15) is 0 Å².